The highest BCUT2D eigenvalue weighted by Gasteiger charge is 2.12. The first-order valence-electron chi connectivity index (χ1n) is 7.30. The van der Waals surface area contributed by atoms with Crippen molar-refractivity contribution in [3.05, 3.63) is 70.7 Å². The number of nitrogens with zero attached hydrogens (tertiary/aromatic N) is 1. The molecule has 1 heterocycles. The molecule has 0 spiro atoms. The van der Waals surface area contributed by atoms with Gasteiger partial charge in [-0.25, -0.2) is 4.98 Å². The number of thiazole rings is 1. The third-order valence-corrected chi connectivity index (χ3v) is 5.79. The summed E-state index contributed by atoms with van der Waals surface area (Å²) in [5.41, 5.74) is 4.36. The number of hydrogen-bond donors (Lipinski definition) is 1. The van der Waals surface area contributed by atoms with Crippen molar-refractivity contribution >= 4 is 46.5 Å². The summed E-state index contributed by atoms with van der Waals surface area (Å²) in [6, 6.07) is 15.5. The maximum absolute atomic E-state index is 12.7. The van der Waals surface area contributed by atoms with Gasteiger partial charge in [-0.05, 0) is 36.6 Å². The molecule has 24 heavy (non-hydrogen) atoms. The van der Waals surface area contributed by atoms with Crippen LogP contribution >= 0.6 is 34.9 Å². The van der Waals surface area contributed by atoms with Crippen LogP contribution in [0.25, 0.3) is 0 Å². The predicted octanol–water partition coefficient (Wildman–Crippen LogP) is 5.41. The van der Waals surface area contributed by atoms with Crippen LogP contribution in [-0.2, 0) is 5.75 Å². The van der Waals surface area contributed by atoms with Gasteiger partial charge in [-0.15, -0.1) is 34.9 Å². The number of anilines is 1. The summed E-state index contributed by atoms with van der Waals surface area (Å²) in [7, 11) is 0. The number of nitrogens with one attached hydrogen (secondary N) is 1. The van der Waals surface area contributed by atoms with Gasteiger partial charge in [-0.2, -0.15) is 0 Å². The van der Waals surface area contributed by atoms with Gasteiger partial charge in [-0.3, -0.25) is 4.79 Å². The summed E-state index contributed by atoms with van der Waals surface area (Å²) in [4.78, 5) is 19.0. The molecule has 0 aliphatic heterocycles. The van der Waals surface area contributed by atoms with Gasteiger partial charge >= 0.3 is 0 Å². The Balaban J connectivity index is 1.74. The van der Waals surface area contributed by atoms with Crippen molar-refractivity contribution in [1.82, 2.24) is 4.98 Å². The molecule has 122 valence electrons. The number of rotatable bonds is 6. The average Bonchev–Trinajstić information content (AvgIpc) is 3.14. The Morgan fingerprint density at radius 3 is 2.88 bits per heavy atom. The number of aromatic nitrogens is 1. The lowest BCUT2D eigenvalue weighted by Crippen LogP contribution is -2.13. The summed E-state index contributed by atoms with van der Waals surface area (Å²) in [6.45, 7) is 0. The normalized spacial score (nSPS) is 10.5. The van der Waals surface area contributed by atoms with E-state index < -0.39 is 0 Å². The fourth-order valence-corrected chi connectivity index (χ4v) is 4.22. The molecule has 1 amide bonds. The molecule has 3 aromatic rings. The molecular weight excluding hydrogens is 356 g/mol. The molecule has 0 saturated carbocycles. The Morgan fingerprint density at radius 2 is 2.08 bits per heavy atom. The number of hydrogen-bond acceptors (Lipinski definition) is 5. The first-order valence-corrected chi connectivity index (χ1v) is 10.5. The SMILES string of the molecule is CSc1cccc(NC(=O)c2ccccc2SCc2cscn2)c1. The summed E-state index contributed by atoms with van der Waals surface area (Å²) in [6.07, 6.45) is 2.02. The van der Waals surface area contributed by atoms with Crippen LogP contribution in [0.5, 0.6) is 0 Å². The molecular formula is C18H16N2OS3. The van der Waals surface area contributed by atoms with Gasteiger partial charge in [0.05, 0.1) is 16.8 Å². The lowest BCUT2D eigenvalue weighted by molar-refractivity contribution is 0.102. The highest BCUT2D eigenvalue weighted by atomic mass is 32.2. The van der Waals surface area contributed by atoms with Crippen molar-refractivity contribution in [3.63, 3.8) is 0 Å². The Morgan fingerprint density at radius 1 is 1.21 bits per heavy atom. The fraction of sp³-hybridized carbons (Fsp3) is 0.111. The predicted molar refractivity (Wildman–Crippen MR) is 104 cm³/mol. The summed E-state index contributed by atoms with van der Waals surface area (Å²) in [5, 5.41) is 5.02. The third kappa shape index (κ3) is 4.41. The van der Waals surface area contributed by atoms with Gasteiger partial charge in [0.25, 0.3) is 5.91 Å². The van der Waals surface area contributed by atoms with E-state index in [0.29, 0.717) is 5.56 Å². The molecule has 0 atom stereocenters. The molecule has 0 aliphatic carbocycles. The summed E-state index contributed by atoms with van der Waals surface area (Å²) < 4.78 is 0. The maximum atomic E-state index is 12.7. The average molecular weight is 373 g/mol. The van der Waals surface area contributed by atoms with Crippen LogP contribution < -0.4 is 5.32 Å². The molecule has 0 radical (unpaired) electrons. The van der Waals surface area contributed by atoms with Gasteiger partial charge in [0.2, 0.25) is 0 Å². The van der Waals surface area contributed by atoms with Crippen molar-refractivity contribution < 1.29 is 4.79 Å². The highest BCUT2D eigenvalue weighted by molar-refractivity contribution is 7.98. The smallest absolute Gasteiger partial charge is 0.256 e. The molecule has 6 heteroatoms. The van der Waals surface area contributed by atoms with Crippen LogP contribution in [0.4, 0.5) is 5.69 Å². The highest BCUT2D eigenvalue weighted by Crippen LogP contribution is 2.27. The van der Waals surface area contributed by atoms with E-state index in [2.05, 4.69) is 10.3 Å². The van der Waals surface area contributed by atoms with Gasteiger partial charge in [0.1, 0.15) is 0 Å². The van der Waals surface area contributed by atoms with Crippen LogP contribution in [0.2, 0.25) is 0 Å². The Labute approximate surface area is 153 Å². The molecule has 2 aromatic carbocycles. The van der Waals surface area contributed by atoms with Gasteiger partial charge < -0.3 is 5.32 Å². The maximum Gasteiger partial charge on any atom is 0.256 e. The van der Waals surface area contributed by atoms with Crippen LogP contribution in [0, 0.1) is 0 Å². The van der Waals surface area contributed by atoms with Crippen LogP contribution in [-0.4, -0.2) is 17.1 Å². The number of amides is 1. The van der Waals surface area contributed by atoms with E-state index >= 15 is 0 Å². The number of thioether (sulfide) groups is 2. The first kappa shape index (κ1) is 17.1. The Bertz CT molecular complexity index is 819. The number of carbonyl (C=O) groups excluding carboxylic acids is 1. The molecule has 0 unspecified atom stereocenters. The van der Waals surface area contributed by atoms with E-state index in [1.54, 1.807) is 34.9 Å². The summed E-state index contributed by atoms with van der Waals surface area (Å²) >= 11 is 4.87. The van der Waals surface area contributed by atoms with Gasteiger partial charge in [0.15, 0.2) is 0 Å². The van der Waals surface area contributed by atoms with Crippen LogP contribution in [0.3, 0.4) is 0 Å². The van der Waals surface area contributed by atoms with Gasteiger partial charge in [0, 0.05) is 26.6 Å². The van der Waals surface area contributed by atoms with Crippen molar-refractivity contribution in [2.75, 3.05) is 11.6 Å². The summed E-state index contributed by atoms with van der Waals surface area (Å²) in [5.74, 6) is 0.671. The minimum absolute atomic E-state index is 0.0883. The number of benzene rings is 2. The second-order valence-corrected chi connectivity index (χ2v) is 7.57. The minimum atomic E-state index is -0.0883. The zero-order valence-corrected chi connectivity index (χ0v) is 15.5. The monoisotopic (exact) mass is 372 g/mol. The lowest BCUT2D eigenvalue weighted by Gasteiger charge is -2.10. The van der Waals surface area contributed by atoms with Crippen molar-refractivity contribution in [1.29, 1.82) is 0 Å². The Hall–Kier alpha value is -1.76. The molecule has 0 saturated heterocycles. The minimum Gasteiger partial charge on any atom is -0.322 e. The van der Waals surface area contributed by atoms with E-state index in [1.165, 1.54) is 0 Å². The van der Waals surface area contributed by atoms with E-state index in [0.717, 1.165) is 26.9 Å². The molecule has 1 N–H and O–H groups in total. The second kappa shape index (κ2) is 8.37. The standard InChI is InChI=1S/C18H16N2OS3/c1-22-15-6-4-5-13(9-15)20-18(21)16-7-2-3-8-17(16)24-11-14-10-23-12-19-14/h2-10,12H,11H2,1H3,(H,20,21). The van der Waals surface area contributed by atoms with E-state index in [-0.39, 0.29) is 5.91 Å². The van der Waals surface area contributed by atoms with Crippen LogP contribution in [0.1, 0.15) is 16.1 Å². The quantitative estimate of drug-likeness (QED) is 0.588. The van der Waals surface area contributed by atoms with Gasteiger partial charge in [-0.1, -0.05) is 18.2 Å². The van der Waals surface area contributed by atoms with Crippen molar-refractivity contribution in [2.24, 2.45) is 0 Å². The number of carbonyl (C=O) groups is 1. The molecule has 3 nitrogen and oxygen atoms in total. The Kier molecular flexibility index (Phi) is 5.96. The zero-order valence-electron chi connectivity index (χ0n) is 13.1. The first-order chi connectivity index (χ1) is 11.8. The van der Waals surface area contributed by atoms with Crippen LogP contribution in [0.15, 0.2) is 69.2 Å². The molecule has 3 rings (SSSR count). The lowest BCUT2D eigenvalue weighted by atomic mass is 10.2. The second-order valence-electron chi connectivity index (χ2n) is 4.95. The fourth-order valence-electron chi connectivity index (χ4n) is 2.14. The molecule has 0 aliphatic rings. The van der Waals surface area contributed by atoms with E-state index in [9.17, 15) is 4.79 Å². The van der Waals surface area contributed by atoms with E-state index in [4.69, 9.17) is 0 Å². The zero-order chi connectivity index (χ0) is 16.8. The van der Waals surface area contributed by atoms with E-state index in [1.807, 2.05) is 65.7 Å². The largest absolute Gasteiger partial charge is 0.322 e. The molecule has 1 aromatic heterocycles. The molecule has 0 fully saturated rings. The topological polar surface area (TPSA) is 42.0 Å². The van der Waals surface area contributed by atoms with Crippen molar-refractivity contribution in [2.45, 2.75) is 15.5 Å². The molecule has 0 bridgehead atoms. The third-order valence-electron chi connectivity index (χ3n) is 3.32. The van der Waals surface area contributed by atoms with Crippen molar-refractivity contribution in [3.8, 4) is 0 Å².